The summed E-state index contributed by atoms with van der Waals surface area (Å²) < 4.78 is 41.1. The highest BCUT2D eigenvalue weighted by molar-refractivity contribution is 5.87. The maximum atomic E-state index is 13.7. The Morgan fingerprint density at radius 2 is 1.64 bits per heavy atom. The van der Waals surface area contributed by atoms with Crippen LogP contribution in [0.15, 0.2) is 54.6 Å². The first-order valence-electron chi connectivity index (χ1n) is 9.62. The quantitative estimate of drug-likeness (QED) is 0.855. The van der Waals surface area contributed by atoms with Gasteiger partial charge in [-0.15, -0.1) is 0 Å². The van der Waals surface area contributed by atoms with Crippen LogP contribution < -0.4 is 5.32 Å². The van der Waals surface area contributed by atoms with Gasteiger partial charge in [-0.25, -0.2) is 0 Å². The van der Waals surface area contributed by atoms with E-state index in [1.165, 1.54) is 6.07 Å². The average molecular weight is 388 g/mol. The van der Waals surface area contributed by atoms with E-state index in [1.807, 2.05) is 30.3 Å². The van der Waals surface area contributed by atoms with Crippen molar-refractivity contribution in [2.24, 2.45) is 5.41 Å². The summed E-state index contributed by atoms with van der Waals surface area (Å²) in [7, 11) is 0. The maximum Gasteiger partial charge on any atom is 0.416 e. The second kappa shape index (κ2) is 7.24. The van der Waals surface area contributed by atoms with Crippen LogP contribution in [0.3, 0.4) is 0 Å². The number of nitrogens with zero attached hydrogens (tertiary/aromatic N) is 1. The van der Waals surface area contributed by atoms with Crippen LogP contribution in [-0.2, 0) is 17.5 Å². The number of alkyl halides is 3. The predicted octanol–water partition coefficient (Wildman–Crippen LogP) is 4.20. The molecule has 6 heteroatoms. The Hall–Kier alpha value is -2.34. The van der Waals surface area contributed by atoms with E-state index in [2.05, 4.69) is 5.32 Å². The molecule has 2 aliphatic rings. The number of carbonyl (C=O) groups excluding carboxylic acids is 1. The van der Waals surface area contributed by atoms with Crippen LogP contribution in [0.5, 0.6) is 0 Å². The molecular weight excluding hydrogens is 365 g/mol. The van der Waals surface area contributed by atoms with Crippen molar-refractivity contribution in [3.8, 4) is 0 Å². The van der Waals surface area contributed by atoms with E-state index in [-0.39, 0.29) is 11.5 Å². The molecule has 0 bridgehead atoms. The minimum absolute atomic E-state index is 0.0140. The van der Waals surface area contributed by atoms with Crippen molar-refractivity contribution < 1.29 is 18.0 Å². The monoisotopic (exact) mass is 388 g/mol. The summed E-state index contributed by atoms with van der Waals surface area (Å²) in [6.07, 6.45) is -3.30. The number of halogens is 3. The molecule has 2 aliphatic heterocycles. The lowest BCUT2D eigenvalue weighted by molar-refractivity contribution is -0.141. The van der Waals surface area contributed by atoms with E-state index in [0.717, 1.165) is 11.6 Å². The molecule has 1 amide bonds. The first-order valence-corrected chi connectivity index (χ1v) is 9.62. The molecule has 4 rings (SSSR count). The number of likely N-dealkylation sites (tertiary alicyclic amines) is 1. The number of amides is 1. The normalized spacial score (nSPS) is 22.0. The number of carbonyl (C=O) groups is 1. The molecule has 1 unspecified atom stereocenters. The van der Waals surface area contributed by atoms with E-state index in [4.69, 9.17) is 0 Å². The fourth-order valence-electron chi connectivity index (χ4n) is 4.77. The van der Waals surface area contributed by atoms with Crippen LogP contribution in [0.25, 0.3) is 0 Å². The molecule has 2 aromatic carbocycles. The smallest absolute Gasteiger partial charge is 0.337 e. The minimum Gasteiger partial charge on any atom is -0.337 e. The van der Waals surface area contributed by atoms with Gasteiger partial charge in [0.2, 0.25) is 5.91 Å². The predicted molar refractivity (Wildman–Crippen MR) is 101 cm³/mol. The number of nitrogens with one attached hydrogen (secondary N) is 1. The number of hydrogen-bond acceptors (Lipinski definition) is 2. The molecular formula is C22H23F3N2O. The molecule has 0 radical (unpaired) electrons. The molecule has 148 valence electrons. The highest BCUT2D eigenvalue weighted by atomic mass is 19.4. The molecule has 3 nitrogen and oxygen atoms in total. The Labute approximate surface area is 162 Å². The van der Waals surface area contributed by atoms with Gasteiger partial charge in [-0.3, -0.25) is 4.79 Å². The van der Waals surface area contributed by atoms with Gasteiger partial charge in [-0.05, 0) is 43.1 Å². The Bertz CT molecular complexity index is 844. The van der Waals surface area contributed by atoms with Crippen molar-refractivity contribution in [2.45, 2.75) is 31.5 Å². The lowest BCUT2D eigenvalue weighted by atomic mass is 9.67. The molecule has 2 fully saturated rings. The van der Waals surface area contributed by atoms with Crippen molar-refractivity contribution in [1.82, 2.24) is 10.2 Å². The van der Waals surface area contributed by atoms with Crippen molar-refractivity contribution >= 4 is 5.91 Å². The van der Waals surface area contributed by atoms with Gasteiger partial charge in [0, 0.05) is 19.0 Å². The van der Waals surface area contributed by atoms with Crippen LogP contribution >= 0.6 is 0 Å². The van der Waals surface area contributed by atoms with Gasteiger partial charge in [0.25, 0.3) is 0 Å². The topological polar surface area (TPSA) is 32.3 Å². The lowest BCUT2D eigenvalue weighted by Crippen LogP contribution is -2.44. The zero-order valence-electron chi connectivity index (χ0n) is 15.5. The summed E-state index contributed by atoms with van der Waals surface area (Å²) in [6, 6.07) is 15.4. The third kappa shape index (κ3) is 3.30. The fraction of sp³-hybridized carbons (Fsp3) is 0.409. The van der Waals surface area contributed by atoms with E-state index >= 15 is 0 Å². The summed E-state index contributed by atoms with van der Waals surface area (Å²) in [4.78, 5) is 15.2. The molecule has 28 heavy (non-hydrogen) atoms. The molecule has 1 atom stereocenters. The SMILES string of the molecule is O=C1N(Cc2ccccc2)CC(c2ccccc2C(F)(F)F)C12CCNCC2. The largest absolute Gasteiger partial charge is 0.416 e. The van der Waals surface area contributed by atoms with Gasteiger partial charge in [0.1, 0.15) is 0 Å². The van der Waals surface area contributed by atoms with Crippen LogP contribution in [0, 0.1) is 5.41 Å². The van der Waals surface area contributed by atoms with Crippen LogP contribution in [0.1, 0.15) is 35.4 Å². The molecule has 0 aromatic heterocycles. The van der Waals surface area contributed by atoms with E-state index in [1.54, 1.807) is 17.0 Å². The van der Waals surface area contributed by atoms with Gasteiger partial charge in [-0.2, -0.15) is 13.2 Å². The summed E-state index contributed by atoms with van der Waals surface area (Å²) in [5, 5.41) is 3.24. The number of benzene rings is 2. The van der Waals surface area contributed by atoms with E-state index in [0.29, 0.717) is 39.0 Å². The highest BCUT2D eigenvalue weighted by Gasteiger charge is 2.55. The molecule has 2 saturated heterocycles. The number of piperidine rings is 1. The fourth-order valence-corrected chi connectivity index (χ4v) is 4.77. The minimum atomic E-state index is -4.43. The maximum absolute atomic E-state index is 13.7. The summed E-state index contributed by atoms with van der Waals surface area (Å²) >= 11 is 0. The van der Waals surface area contributed by atoms with Gasteiger partial charge in [-0.1, -0.05) is 48.5 Å². The zero-order chi connectivity index (χ0) is 19.8. The highest BCUT2D eigenvalue weighted by Crippen LogP contribution is 2.52. The first-order chi connectivity index (χ1) is 13.4. The van der Waals surface area contributed by atoms with Gasteiger partial charge in [0.15, 0.2) is 0 Å². The number of rotatable bonds is 3. The second-order valence-corrected chi connectivity index (χ2v) is 7.72. The summed E-state index contributed by atoms with van der Waals surface area (Å²) in [6.45, 7) is 2.05. The average Bonchev–Trinajstić information content (AvgIpc) is 2.95. The van der Waals surface area contributed by atoms with E-state index in [9.17, 15) is 18.0 Å². The molecule has 1 N–H and O–H groups in total. The van der Waals surface area contributed by atoms with Crippen LogP contribution in [-0.4, -0.2) is 30.4 Å². The number of hydrogen-bond donors (Lipinski definition) is 1. The summed E-state index contributed by atoms with van der Waals surface area (Å²) in [5.74, 6) is -0.469. The van der Waals surface area contributed by atoms with Gasteiger partial charge >= 0.3 is 6.18 Å². The van der Waals surface area contributed by atoms with Crippen molar-refractivity contribution in [1.29, 1.82) is 0 Å². The molecule has 0 saturated carbocycles. The standard InChI is InChI=1S/C22H23F3N2O/c23-22(24,25)18-9-5-4-8-17(18)19-15-27(14-16-6-2-1-3-7-16)20(28)21(19)10-12-26-13-11-21/h1-9,19,26H,10-15H2. The third-order valence-electron chi connectivity index (χ3n) is 6.14. The Balaban J connectivity index is 1.74. The van der Waals surface area contributed by atoms with Gasteiger partial charge in [0.05, 0.1) is 11.0 Å². The second-order valence-electron chi connectivity index (χ2n) is 7.72. The van der Waals surface area contributed by atoms with Crippen LogP contribution in [0.4, 0.5) is 13.2 Å². The van der Waals surface area contributed by atoms with Crippen molar-refractivity contribution in [3.63, 3.8) is 0 Å². The molecule has 2 heterocycles. The third-order valence-corrected chi connectivity index (χ3v) is 6.14. The van der Waals surface area contributed by atoms with Gasteiger partial charge < -0.3 is 10.2 Å². The molecule has 0 aliphatic carbocycles. The lowest BCUT2D eigenvalue weighted by Gasteiger charge is -2.37. The summed E-state index contributed by atoms with van der Waals surface area (Å²) in [5.41, 5.74) is -0.140. The Kier molecular flexibility index (Phi) is 4.91. The van der Waals surface area contributed by atoms with Crippen LogP contribution in [0.2, 0.25) is 0 Å². The molecule has 1 spiro atoms. The zero-order valence-corrected chi connectivity index (χ0v) is 15.5. The Morgan fingerprint density at radius 1 is 1.00 bits per heavy atom. The first kappa shape index (κ1) is 19.0. The van der Waals surface area contributed by atoms with Crippen molar-refractivity contribution in [2.75, 3.05) is 19.6 Å². The molecule has 2 aromatic rings. The van der Waals surface area contributed by atoms with Crippen molar-refractivity contribution in [3.05, 3.63) is 71.3 Å². The Morgan fingerprint density at radius 3 is 2.32 bits per heavy atom. The van der Waals surface area contributed by atoms with E-state index < -0.39 is 23.1 Å².